The van der Waals surface area contributed by atoms with Crippen LogP contribution in [-0.4, -0.2) is 33.6 Å². The highest BCUT2D eigenvalue weighted by molar-refractivity contribution is 7.22. The van der Waals surface area contributed by atoms with E-state index in [1.807, 2.05) is 18.2 Å². The van der Waals surface area contributed by atoms with E-state index >= 15 is 0 Å². The van der Waals surface area contributed by atoms with E-state index in [0.29, 0.717) is 27.0 Å². The van der Waals surface area contributed by atoms with Crippen molar-refractivity contribution in [1.29, 1.82) is 0 Å². The first-order valence-electron chi connectivity index (χ1n) is 7.82. The zero-order valence-corrected chi connectivity index (χ0v) is 13.9. The summed E-state index contributed by atoms with van der Waals surface area (Å²) in [7, 11) is 0. The fourth-order valence-electron chi connectivity index (χ4n) is 2.24. The quantitative estimate of drug-likeness (QED) is 0.627. The van der Waals surface area contributed by atoms with Crippen molar-refractivity contribution in [3.05, 3.63) is 30.3 Å². The Kier molecular flexibility index (Phi) is 4.06. The first-order valence-corrected chi connectivity index (χ1v) is 8.64. The monoisotopic (exact) mass is 357 g/mol. The lowest BCUT2D eigenvalue weighted by Crippen LogP contribution is -2.20. The second-order valence-electron chi connectivity index (χ2n) is 5.68. The van der Waals surface area contributed by atoms with Crippen molar-refractivity contribution >= 4 is 44.4 Å². The first kappa shape index (κ1) is 15.6. The summed E-state index contributed by atoms with van der Waals surface area (Å²) in [6, 6.07) is 9.10. The van der Waals surface area contributed by atoms with Crippen LogP contribution in [0.3, 0.4) is 0 Å². The summed E-state index contributed by atoms with van der Waals surface area (Å²) in [6.45, 7) is -0.116. The third-order valence-corrected chi connectivity index (χ3v) is 4.64. The molecule has 8 nitrogen and oxygen atoms in total. The molecule has 3 aromatic rings. The van der Waals surface area contributed by atoms with Gasteiger partial charge in [-0.3, -0.25) is 14.7 Å². The molecule has 0 bridgehead atoms. The summed E-state index contributed by atoms with van der Waals surface area (Å²) in [4.78, 5) is 28.1. The van der Waals surface area contributed by atoms with Crippen LogP contribution < -0.4 is 15.4 Å². The number of benzene rings is 1. The molecule has 1 saturated carbocycles. The molecule has 1 aromatic carbocycles. The number of nitrogens with zero attached hydrogens (tertiary/aromatic N) is 2. The van der Waals surface area contributed by atoms with E-state index in [2.05, 4.69) is 25.8 Å². The number of carbonyl (C=O) groups is 2. The van der Waals surface area contributed by atoms with Crippen molar-refractivity contribution in [2.45, 2.75) is 12.8 Å². The molecule has 2 amide bonds. The van der Waals surface area contributed by atoms with Gasteiger partial charge in [0.1, 0.15) is 16.3 Å². The predicted molar refractivity (Wildman–Crippen MR) is 93.7 cm³/mol. The molecule has 3 N–H and O–H groups in total. The van der Waals surface area contributed by atoms with E-state index in [-0.39, 0.29) is 24.3 Å². The molecule has 1 aliphatic carbocycles. The van der Waals surface area contributed by atoms with Gasteiger partial charge in [0.2, 0.25) is 5.91 Å². The first-order chi connectivity index (χ1) is 12.2. The van der Waals surface area contributed by atoms with Gasteiger partial charge in [-0.1, -0.05) is 29.5 Å². The fraction of sp³-hybridized carbons (Fsp3) is 0.250. The minimum absolute atomic E-state index is 0.0118. The van der Waals surface area contributed by atoms with Crippen molar-refractivity contribution in [2.75, 3.05) is 17.2 Å². The summed E-state index contributed by atoms with van der Waals surface area (Å²) >= 11 is 1.27. The third kappa shape index (κ3) is 3.61. The fourth-order valence-corrected chi connectivity index (χ4v) is 3.10. The number of ether oxygens (including phenoxy) is 1. The Labute approximate surface area is 146 Å². The van der Waals surface area contributed by atoms with E-state index in [4.69, 9.17) is 4.74 Å². The minimum atomic E-state index is -0.314. The highest BCUT2D eigenvalue weighted by Crippen LogP contribution is 2.33. The summed E-state index contributed by atoms with van der Waals surface area (Å²) in [6.07, 6.45) is 1.86. The molecule has 128 valence electrons. The van der Waals surface area contributed by atoms with Crippen LogP contribution in [-0.2, 0) is 9.59 Å². The van der Waals surface area contributed by atoms with Gasteiger partial charge in [0.25, 0.3) is 5.91 Å². The van der Waals surface area contributed by atoms with Gasteiger partial charge in [-0.05, 0) is 25.0 Å². The molecule has 0 saturated heterocycles. The number of anilines is 2. The molecule has 1 aliphatic rings. The lowest BCUT2D eigenvalue weighted by Gasteiger charge is -2.05. The van der Waals surface area contributed by atoms with Crippen LogP contribution in [0.4, 0.5) is 10.9 Å². The van der Waals surface area contributed by atoms with E-state index < -0.39 is 0 Å². The number of nitrogens with one attached hydrogen (secondary N) is 3. The van der Waals surface area contributed by atoms with E-state index in [0.717, 1.165) is 12.8 Å². The minimum Gasteiger partial charge on any atom is -0.484 e. The normalized spacial score (nSPS) is 13.6. The number of aromatic amines is 1. The van der Waals surface area contributed by atoms with Gasteiger partial charge in [-0.2, -0.15) is 10.1 Å². The second-order valence-corrected chi connectivity index (χ2v) is 6.68. The van der Waals surface area contributed by atoms with Gasteiger partial charge in [0.15, 0.2) is 17.4 Å². The maximum atomic E-state index is 12.0. The van der Waals surface area contributed by atoms with Crippen molar-refractivity contribution in [3.63, 3.8) is 0 Å². The number of hydrogen-bond acceptors (Lipinski definition) is 6. The number of hydrogen-bond donors (Lipinski definition) is 3. The number of para-hydroxylation sites is 1. The van der Waals surface area contributed by atoms with Crippen LogP contribution in [0, 0.1) is 5.92 Å². The Bertz CT molecular complexity index is 916. The maximum Gasteiger partial charge on any atom is 0.263 e. The maximum absolute atomic E-state index is 12.0. The molecule has 1 fully saturated rings. The summed E-state index contributed by atoms with van der Waals surface area (Å²) < 4.78 is 6.08. The molecule has 9 heteroatoms. The van der Waals surface area contributed by atoms with Crippen molar-refractivity contribution in [1.82, 2.24) is 15.2 Å². The molecule has 25 heavy (non-hydrogen) atoms. The van der Waals surface area contributed by atoms with Gasteiger partial charge in [0, 0.05) is 5.92 Å². The highest BCUT2D eigenvalue weighted by Gasteiger charge is 2.30. The van der Waals surface area contributed by atoms with Crippen LogP contribution in [0.2, 0.25) is 0 Å². The van der Waals surface area contributed by atoms with Crippen LogP contribution >= 0.6 is 11.3 Å². The van der Waals surface area contributed by atoms with Crippen molar-refractivity contribution < 1.29 is 14.3 Å². The Hall–Kier alpha value is -2.94. The van der Waals surface area contributed by atoms with Crippen molar-refractivity contribution in [3.8, 4) is 5.75 Å². The van der Waals surface area contributed by atoms with Crippen LogP contribution in [0.15, 0.2) is 30.3 Å². The highest BCUT2D eigenvalue weighted by atomic mass is 32.1. The molecule has 2 aromatic heterocycles. The van der Waals surface area contributed by atoms with Gasteiger partial charge >= 0.3 is 0 Å². The molecule has 0 radical (unpaired) electrons. The number of thiazole rings is 1. The lowest BCUT2D eigenvalue weighted by molar-refractivity contribution is -0.118. The summed E-state index contributed by atoms with van der Waals surface area (Å²) in [5.41, 5.74) is 0.454. The van der Waals surface area contributed by atoms with E-state index in [9.17, 15) is 9.59 Å². The molecule has 0 atom stereocenters. The number of H-pyrrole nitrogens is 1. The smallest absolute Gasteiger partial charge is 0.263 e. The molecule has 0 unspecified atom stereocenters. The Morgan fingerprint density at radius 1 is 1.24 bits per heavy atom. The number of amides is 2. The number of aromatic nitrogens is 3. The van der Waals surface area contributed by atoms with Crippen molar-refractivity contribution in [2.24, 2.45) is 5.92 Å². The van der Waals surface area contributed by atoms with Crippen LogP contribution in [0.25, 0.3) is 10.3 Å². The van der Waals surface area contributed by atoms with Crippen LogP contribution in [0.5, 0.6) is 5.75 Å². The Morgan fingerprint density at radius 3 is 2.80 bits per heavy atom. The molecule has 0 aliphatic heterocycles. The number of carbonyl (C=O) groups excluding carboxylic acids is 2. The van der Waals surface area contributed by atoms with Gasteiger partial charge in [0.05, 0.1) is 0 Å². The molecule has 4 rings (SSSR count). The van der Waals surface area contributed by atoms with E-state index in [1.165, 1.54) is 11.3 Å². The third-order valence-electron chi connectivity index (χ3n) is 3.67. The lowest BCUT2D eigenvalue weighted by atomic mass is 10.3. The number of rotatable bonds is 6. The van der Waals surface area contributed by atoms with Gasteiger partial charge < -0.3 is 15.4 Å². The summed E-state index contributed by atoms with van der Waals surface area (Å²) in [5.74, 6) is 0.844. The molecule has 2 heterocycles. The second kappa shape index (κ2) is 6.52. The topological polar surface area (TPSA) is 109 Å². The molecule has 0 spiro atoms. The van der Waals surface area contributed by atoms with Gasteiger partial charge in [-0.25, -0.2) is 0 Å². The average Bonchev–Trinajstić information content (AvgIpc) is 3.31. The van der Waals surface area contributed by atoms with E-state index in [1.54, 1.807) is 12.1 Å². The predicted octanol–water partition coefficient (Wildman–Crippen LogP) is 2.39. The molecular formula is C16H15N5O3S. The largest absolute Gasteiger partial charge is 0.484 e. The molecular weight excluding hydrogens is 342 g/mol. The standard InChI is InChI=1S/C16H15N5O3S/c22-11(8-24-10-4-2-1-3-5-10)17-13-12-14(21-20-13)18-16(25-12)19-15(23)9-6-7-9/h1-5,9H,6-8H2,(H3,17,18,19,20,21,22,23). The summed E-state index contributed by atoms with van der Waals surface area (Å²) in [5, 5.41) is 12.8. The zero-order valence-electron chi connectivity index (χ0n) is 13.1. The Balaban J connectivity index is 1.39. The average molecular weight is 357 g/mol. The van der Waals surface area contributed by atoms with Gasteiger partial charge in [-0.15, -0.1) is 0 Å². The zero-order chi connectivity index (χ0) is 17.2. The van der Waals surface area contributed by atoms with Crippen LogP contribution in [0.1, 0.15) is 12.8 Å². The Morgan fingerprint density at radius 2 is 2.04 bits per heavy atom. The number of fused-ring (bicyclic) bond motifs is 1. The SMILES string of the molecule is O=C(COc1ccccc1)Nc1[nH]nc2nc(NC(=O)C3CC3)sc12.